The molecular formula is C13H14N5S+. The van der Waals surface area contributed by atoms with Gasteiger partial charge in [0.25, 0.3) is 5.82 Å². The zero-order valence-corrected chi connectivity index (χ0v) is 11.8. The van der Waals surface area contributed by atoms with Gasteiger partial charge in [-0.15, -0.1) is 0 Å². The minimum absolute atomic E-state index is 0.221. The van der Waals surface area contributed by atoms with E-state index in [1.165, 1.54) is 11.5 Å². The van der Waals surface area contributed by atoms with Gasteiger partial charge < -0.3 is 0 Å². The van der Waals surface area contributed by atoms with Crippen molar-refractivity contribution in [2.45, 2.75) is 13.8 Å². The van der Waals surface area contributed by atoms with Gasteiger partial charge in [0.1, 0.15) is 6.20 Å². The largest absolute Gasteiger partial charge is 0.312 e. The van der Waals surface area contributed by atoms with Crippen LogP contribution in [-0.4, -0.2) is 28.1 Å². The quantitative estimate of drug-likeness (QED) is 0.530. The van der Waals surface area contributed by atoms with Gasteiger partial charge in [0.15, 0.2) is 10.9 Å². The Balaban J connectivity index is 1.93. The van der Waals surface area contributed by atoms with Crippen LogP contribution in [0.15, 0.2) is 46.2 Å². The molecule has 4 rings (SSSR count). The molecule has 1 aromatic rings. The Morgan fingerprint density at radius 1 is 1.21 bits per heavy atom. The van der Waals surface area contributed by atoms with E-state index in [2.05, 4.69) is 62.6 Å². The first-order valence-electron chi connectivity index (χ1n) is 6.15. The highest BCUT2D eigenvalue weighted by molar-refractivity contribution is 8.09. The second-order valence-corrected chi connectivity index (χ2v) is 6.39. The van der Waals surface area contributed by atoms with Crippen molar-refractivity contribution in [2.75, 3.05) is 11.9 Å². The van der Waals surface area contributed by atoms with Gasteiger partial charge in [-0.3, -0.25) is 0 Å². The molecule has 0 N–H and O–H groups in total. The average Bonchev–Trinajstić information content (AvgIpc) is 2.87. The summed E-state index contributed by atoms with van der Waals surface area (Å²) in [5.74, 6) is 1.98. The Morgan fingerprint density at radius 3 is 2.89 bits per heavy atom. The van der Waals surface area contributed by atoms with Crippen molar-refractivity contribution in [2.24, 2.45) is 9.98 Å². The van der Waals surface area contributed by atoms with E-state index in [-0.39, 0.29) is 10.9 Å². The molecule has 1 unspecified atom stereocenters. The van der Waals surface area contributed by atoms with Gasteiger partial charge >= 0.3 is 5.11 Å². The van der Waals surface area contributed by atoms with Crippen LogP contribution in [-0.2, 0) is 0 Å². The van der Waals surface area contributed by atoms with E-state index in [0.717, 1.165) is 16.8 Å². The van der Waals surface area contributed by atoms with Crippen LogP contribution in [0, 0.1) is 0 Å². The summed E-state index contributed by atoms with van der Waals surface area (Å²) in [5.41, 5.74) is 2.21. The standard InChI is InChI=1S/C13H14N5S/c1-9-8-10(2)18-12(14-9)15-13-16(3)11-6-4-5-7-17(11)19(13)18/h4-8H,1-3H3/q+1. The number of hydrogen-bond acceptors (Lipinski definition) is 4. The van der Waals surface area contributed by atoms with E-state index in [0.29, 0.717) is 0 Å². The smallest absolute Gasteiger partial charge is 0.223 e. The van der Waals surface area contributed by atoms with Crippen molar-refractivity contribution in [3.05, 3.63) is 36.2 Å². The number of fused-ring (bicyclic) bond motifs is 4. The highest BCUT2D eigenvalue weighted by Crippen LogP contribution is 2.38. The van der Waals surface area contributed by atoms with Crippen LogP contribution in [0.3, 0.4) is 0 Å². The first-order valence-corrected chi connectivity index (χ1v) is 7.29. The number of nitrogens with zero attached hydrogens (tertiary/aromatic N) is 5. The minimum atomic E-state index is -0.221. The molecule has 6 heteroatoms. The molecule has 4 heterocycles. The lowest BCUT2D eigenvalue weighted by molar-refractivity contribution is -0.481. The third kappa shape index (κ3) is 1.32. The van der Waals surface area contributed by atoms with Crippen LogP contribution in [0.5, 0.6) is 0 Å². The Morgan fingerprint density at radius 2 is 2.05 bits per heavy atom. The van der Waals surface area contributed by atoms with E-state index in [9.17, 15) is 0 Å². The van der Waals surface area contributed by atoms with Crippen molar-refractivity contribution in [3.63, 3.8) is 0 Å². The van der Waals surface area contributed by atoms with Crippen LogP contribution in [0.4, 0.5) is 5.82 Å². The molecule has 5 nitrogen and oxygen atoms in total. The fourth-order valence-electron chi connectivity index (χ4n) is 2.54. The zero-order valence-electron chi connectivity index (χ0n) is 11.0. The third-order valence-electron chi connectivity index (χ3n) is 3.35. The Bertz CT molecular complexity index is 728. The van der Waals surface area contributed by atoms with Crippen LogP contribution < -0.4 is 8.87 Å². The summed E-state index contributed by atoms with van der Waals surface area (Å²) in [7, 11) is 1.84. The number of aromatic nitrogens is 1. The topological polar surface area (TPSA) is 35.1 Å². The summed E-state index contributed by atoms with van der Waals surface area (Å²) in [6, 6.07) is 6.23. The fraction of sp³-hybridized carbons (Fsp3) is 0.231. The van der Waals surface area contributed by atoms with Gasteiger partial charge in [-0.05, 0) is 26.0 Å². The minimum Gasteiger partial charge on any atom is -0.223 e. The molecule has 0 radical (unpaired) electrons. The SMILES string of the molecule is CC1=CC(C)=NC2=NC3=S(N12)[n+]1ccccc1N3C. The molecule has 0 spiro atoms. The van der Waals surface area contributed by atoms with Gasteiger partial charge in [0.05, 0.1) is 7.05 Å². The molecule has 19 heavy (non-hydrogen) atoms. The summed E-state index contributed by atoms with van der Waals surface area (Å²) in [5, 5.41) is 1.06. The molecule has 0 saturated heterocycles. The van der Waals surface area contributed by atoms with Crippen LogP contribution in [0.1, 0.15) is 13.8 Å². The van der Waals surface area contributed by atoms with Crippen LogP contribution >= 0.6 is 10.9 Å². The summed E-state index contributed by atoms with van der Waals surface area (Å²) in [6.45, 7) is 4.13. The van der Waals surface area contributed by atoms with Crippen LogP contribution in [0.2, 0.25) is 0 Å². The van der Waals surface area contributed by atoms with E-state index >= 15 is 0 Å². The highest BCUT2D eigenvalue weighted by Gasteiger charge is 2.44. The van der Waals surface area contributed by atoms with E-state index in [1.54, 1.807) is 0 Å². The first-order chi connectivity index (χ1) is 9.16. The number of allylic oxidation sites excluding steroid dienone is 2. The van der Waals surface area contributed by atoms with E-state index in [4.69, 9.17) is 4.99 Å². The predicted molar refractivity (Wildman–Crippen MR) is 79.2 cm³/mol. The molecule has 3 aliphatic heterocycles. The van der Waals surface area contributed by atoms with Crippen LogP contribution in [0.25, 0.3) is 0 Å². The molecule has 1 atom stereocenters. The number of anilines is 1. The van der Waals surface area contributed by atoms with Crippen molar-refractivity contribution >= 4 is 33.5 Å². The van der Waals surface area contributed by atoms with E-state index < -0.39 is 0 Å². The van der Waals surface area contributed by atoms with Crippen molar-refractivity contribution in [3.8, 4) is 0 Å². The molecule has 0 saturated carbocycles. The lowest BCUT2D eigenvalue weighted by Gasteiger charge is -2.22. The molecule has 96 valence electrons. The monoisotopic (exact) mass is 272 g/mol. The first kappa shape index (κ1) is 10.9. The Kier molecular flexibility index (Phi) is 2.04. The molecule has 0 aliphatic carbocycles. The average molecular weight is 272 g/mol. The number of pyridine rings is 1. The van der Waals surface area contributed by atoms with Crippen molar-refractivity contribution < 1.29 is 3.97 Å². The second-order valence-electron chi connectivity index (χ2n) is 4.74. The predicted octanol–water partition coefficient (Wildman–Crippen LogP) is 1.51. The summed E-state index contributed by atoms with van der Waals surface area (Å²) in [6.07, 6.45) is 4.22. The van der Waals surface area contributed by atoms with Gasteiger partial charge in [0.2, 0.25) is 5.96 Å². The van der Waals surface area contributed by atoms with E-state index in [1.807, 2.05) is 6.92 Å². The molecule has 0 fully saturated rings. The maximum atomic E-state index is 4.72. The normalized spacial score (nSPS) is 23.6. The fourth-order valence-corrected chi connectivity index (χ4v) is 4.67. The molecule has 0 amide bonds. The Hall–Kier alpha value is -1.95. The van der Waals surface area contributed by atoms with Gasteiger partial charge in [-0.25, -0.2) is 14.2 Å². The summed E-state index contributed by atoms with van der Waals surface area (Å²) < 4.78 is 4.48. The lowest BCUT2D eigenvalue weighted by Crippen LogP contribution is -2.37. The van der Waals surface area contributed by atoms with Gasteiger partial charge in [-0.2, -0.15) is 8.96 Å². The number of guanidine groups is 1. The molecular weight excluding hydrogens is 258 g/mol. The maximum absolute atomic E-state index is 4.72. The lowest BCUT2D eigenvalue weighted by atomic mass is 10.3. The third-order valence-corrected chi connectivity index (χ3v) is 5.52. The molecule has 3 aliphatic rings. The summed E-state index contributed by atoms with van der Waals surface area (Å²) in [4.78, 5) is 11.4. The maximum Gasteiger partial charge on any atom is 0.312 e. The van der Waals surface area contributed by atoms with Crippen molar-refractivity contribution in [1.29, 1.82) is 0 Å². The zero-order chi connectivity index (χ0) is 13.1. The molecule has 0 bridgehead atoms. The molecule has 1 aromatic heterocycles. The number of aliphatic imine (C=N–C) groups is 2. The van der Waals surface area contributed by atoms with Crippen molar-refractivity contribution in [1.82, 2.24) is 4.31 Å². The summed E-state index contributed by atoms with van der Waals surface area (Å²) >= 11 is 0. The van der Waals surface area contributed by atoms with Gasteiger partial charge in [0, 0.05) is 17.5 Å². The number of hydrogen-bond donors (Lipinski definition) is 0. The highest BCUT2D eigenvalue weighted by atomic mass is 32.2. The Labute approximate surface area is 114 Å². The molecule has 0 aromatic carbocycles. The number of rotatable bonds is 0. The second kappa shape index (κ2) is 3.54. The van der Waals surface area contributed by atoms with Gasteiger partial charge in [-0.1, -0.05) is 6.07 Å².